The first-order valence-corrected chi connectivity index (χ1v) is 19.8. The zero-order valence-corrected chi connectivity index (χ0v) is 32.7. The number of hydrogen-bond donors (Lipinski definition) is 0. The van der Waals surface area contributed by atoms with Crippen LogP contribution < -0.4 is 20.4 Å². The Labute approximate surface area is 266 Å². The van der Waals surface area contributed by atoms with Crippen LogP contribution in [0.15, 0.2) is 48.5 Å². The van der Waals surface area contributed by atoms with Crippen molar-refractivity contribution in [1.29, 1.82) is 0 Å². The Morgan fingerprint density at radius 1 is 0.436 bits per heavy atom. The van der Waals surface area contributed by atoms with Gasteiger partial charge in [-0.05, 0) is 0 Å². The van der Waals surface area contributed by atoms with Crippen LogP contribution in [0, 0.1) is 0 Å². The quantitative estimate of drug-likeness (QED) is 0.231. The summed E-state index contributed by atoms with van der Waals surface area (Å²) in [6, 6.07) is 17.6. The van der Waals surface area contributed by atoms with Crippen molar-refractivity contribution in [2.75, 3.05) is 38.0 Å². The maximum atomic E-state index is 7.27. The first-order chi connectivity index (χ1) is 16.8. The van der Waals surface area contributed by atoms with Gasteiger partial charge in [0.2, 0.25) is 0 Å². The van der Waals surface area contributed by atoms with Crippen molar-refractivity contribution >= 4 is 57.7 Å². The van der Waals surface area contributed by atoms with Crippen LogP contribution in [-0.4, -0.2) is 48.8 Å². The molecule has 0 aliphatic carbocycles. The van der Waals surface area contributed by atoms with E-state index in [-0.39, 0.29) is 41.0 Å². The monoisotopic (exact) mass is 708 g/mol. The van der Waals surface area contributed by atoms with Crippen molar-refractivity contribution in [1.82, 2.24) is 0 Å². The zero-order valence-electron chi connectivity index (χ0n) is 27.6. The summed E-state index contributed by atoms with van der Waals surface area (Å²) in [6.45, 7) is 23.0. The van der Waals surface area contributed by atoms with Crippen LogP contribution in [0.25, 0.3) is 0 Å². The Bertz CT molecular complexity index is 911. The molecule has 0 amide bonds. The van der Waals surface area contributed by atoms with Crippen LogP contribution in [-0.2, 0) is 20.4 Å². The Hall–Kier alpha value is 0.142. The van der Waals surface area contributed by atoms with Crippen molar-refractivity contribution in [2.45, 2.75) is 104 Å². The van der Waals surface area contributed by atoms with Crippen LogP contribution in [0.4, 0.5) is 11.4 Å². The van der Waals surface area contributed by atoms with Gasteiger partial charge in [0.25, 0.3) is 0 Å². The number of hydrogen-bond acceptors (Lipinski definition) is 2. The number of nitrogens with zero attached hydrogens (tertiary/aromatic N) is 2. The van der Waals surface area contributed by atoms with E-state index in [1.807, 2.05) is 0 Å². The van der Waals surface area contributed by atoms with E-state index >= 15 is 0 Å². The van der Waals surface area contributed by atoms with E-state index in [0.717, 1.165) is 0 Å². The smallest absolute Gasteiger partial charge is 0 e. The molecule has 0 heterocycles. The van der Waals surface area contributed by atoms with E-state index in [2.05, 4.69) is 170 Å². The molecule has 0 unspecified atom stereocenters. The van der Waals surface area contributed by atoms with Gasteiger partial charge in [0.05, 0.1) is 0 Å². The summed E-state index contributed by atoms with van der Waals surface area (Å²) < 4.78 is 0. The molecule has 2 aromatic carbocycles. The van der Waals surface area contributed by atoms with Gasteiger partial charge in [0.15, 0.2) is 0 Å². The van der Waals surface area contributed by atoms with E-state index in [9.17, 15) is 0 Å². The summed E-state index contributed by atoms with van der Waals surface area (Å²) in [7, 11) is 8.25. The molecule has 0 N–H and O–H groups in total. The molecule has 2 rings (SSSR count). The molecule has 0 aliphatic heterocycles. The second-order valence-corrected chi connectivity index (χ2v) is 28.4. The average Bonchev–Trinajstić information content (AvgIpc) is 2.75. The maximum absolute atomic E-state index is 7.27. The summed E-state index contributed by atoms with van der Waals surface area (Å²) in [5.41, 5.74) is 2.44. The normalized spacial score (nSPS) is 14.0. The third-order valence-corrected chi connectivity index (χ3v) is 26.3. The molecule has 0 bridgehead atoms. The fourth-order valence-corrected chi connectivity index (χ4v) is 15.9. The van der Waals surface area contributed by atoms with Crippen molar-refractivity contribution in [2.24, 2.45) is 0 Å². The van der Waals surface area contributed by atoms with Gasteiger partial charge in [-0.1, -0.05) is 0 Å². The third kappa shape index (κ3) is 8.59. The summed E-state index contributed by atoms with van der Waals surface area (Å²) in [4.78, 5) is 4.24. The van der Waals surface area contributed by atoms with Gasteiger partial charge in [-0.15, -0.1) is 0 Å². The van der Waals surface area contributed by atoms with Crippen molar-refractivity contribution < 1.29 is 20.4 Å². The number of benzene rings is 2. The summed E-state index contributed by atoms with van der Waals surface area (Å²) >= 11 is 14.5. The van der Waals surface area contributed by atoms with Crippen LogP contribution in [0.5, 0.6) is 0 Å². The Morgan fingerprint density at radius 3 is 0.744 bits per heavy atom. The minimum Gasteiger partial charge on any atom is 0 e. The van der Waals surface area contributed by atoms with Gasteiger partial charge < -0.3 is 0 Å². The van der Waals surface area contributed by atoms with E-state index < -0.39 is 13.2 Å². The minimum absolute atomic E-state index is 0. The third-order valence-electron chi connectivity index (χ3n) is 7.70. The molecule has 0 saturated carbocycles. The molecule has 0 aromatic heterocycles. The molecule has 0 atom stereocenters. The second kappa shape index (κ2) is 13.6. The zero-order chi connectivity index (χ0) is 30.1. The average molecular weight is 710 g/mol. The molecular formula is C32H58Cl2N2P2Pd. The molecule has 0 spiro atoms. The van der Waals surface area contributed by atoms with E-state index in [0.29, 0.717) is 0 Å². The molecule has 2 nitrogen and oxygen atoms in total. The first-order valence-electron chi connectivity index (χ1n) is 13.8. The molecule has 7 heteroatoms. The Kier molecular flexibility index (Phi) is 13.7. The molecule has 0 saturated heterocycles. The molecule has 2 aromatic rings. The Morgan fingerprint density at radius 2 is 0.615 bits per heavy atom. The fraction of sp³-hybridized carbons (Fsp3) is 0.625. The van der Waals surface area contributed by atoms with Crippen LogP contribution in [0.2, 0.25) is 0 Å². The minimum atomic E-state index is -2.13. The number of anilines is 2. The largest absolute Gasteiger partial charge is 0 e. The van der Waals surface area contributed by atoms with Gasteiger partial charge in [0.1, 0.15) is 0 Å². The SMILES string of the molecule is CN(C)c1ccc([PH](Cl)(C(C)(C)C)C(C)(C)C)cc1.CN(C)c1ccc([PH](Cl)(C(C)(C)C)C(C)(C)C)cc1.[Pd]. The van der Waals surface area contributed by atoms with Gasteiger partial charge in [-0.25, -0.2) is 0 Å². The van der Waals surface area contributed by atoms with Gasteiger partial charge in [-0.2, -0.15) is 0 Å². The topological polar surface area (TPSA) is 6.48 Å². The molecule has 0 fully saturated rings. The van der Waals surface area contributed by atoms with Crippen LogP contribution in [0.3, 0.4) is 0 Å². The number of rotatable bonds is 4. The predicted octanol–water partition coefficient (Wildman–Crippen LogP) is 9.75. The molecular weight excluding hydrogens is 652 g/mol. The number of halogens is 2. The first kappa shape index (κ1) is 39.1. The fourth-order valence-electron chi connectivity index (χ4n) is 5.96. The van der Waals surface area contributed by atoms with E-state index in [1.165, 1.54) is 22.0 Å². The summed E-state index contributed by atoms with van der Waals surface area (Å²) in [5, 5.41) is 3.14. The van der Waals surface area contributed by atoms with E-state index in [4.69, 9.17) is 22.5 Å². The summed E-state index contributed by atoms with van der Waals surface area (Å²) in [6.07, 6.45) is 0. The van der Waals surface area contributed by atoms with Gasteiger partial charge in [-0.3, -0.25) is 0 Å². The molecule has 0 aliphatic rings. The summed E-state index contributed by atoms with van der Waals surface area (Å²) in [5.74, 6) is 0. The Balaban J connectivity index is 0.000000722. The van der Waals surface area contributed by atoms with Gasteiger partial charge >= 0.3 is 248 Å². The van der Waals surface area contributed by atoms with Crippen molar-refractivity contribution in [3.8, 4) is 0 Å². The van der Waals surface area contributed by atoms with Crippen molar-refractivity contribution in [3.63, 3.8) is 0 Å². The molecule has 39 heavy (non-hydrogen) atoms. The molecule has 230 valence electrons. The van der Waals surface area contributed by atoms with Gasteiger partial charge in [0, 0.05) is 20.4 Å². The van der Waals surface area contributed by atoms with E-state index in [1.54, 1.807) is 0 Å². The standard InChI is InChI=1S/2C16H29ClNP.Pd/c2*1-15(2,3)19(17,16(4,5)6)14-11-9-13(10-12-14)18(7)8;/h2*9-12,19H,1-8H3;. The molecule has 0 radical (unpaired) electrons. The predicted molar refractivity (Wildman–Crippen MR) is 188 cm³/mol. The van der Waals surface area contributed by atoms with Crippen LogP contribution in [0.1, 0.15) is 83.1 Å². The maximum Gasteiger partial charge on any atom is 0 e. The van der Waals surface area contributed by atoms with Crippen LogP contribution >= 0.6 is 35.7 Å². The van der Waals surface area contributed by atoms with Crippen molar-refractivity contribution in [3.05, 3.63) is 48.5 Å². The second-order valence-electron chi connectivity index (χ2n) is 15.2.